The molecule has 1 rings (SSSR count). The van der Waals surface area contributed by atoms with Gasteiger partial charge in [-0.1, -0.05) is 155 Å². The molecule has 0 aromatic rings. The summed E-state index contributed by atoms with van der Waals surface area (Å²) in [6, 6.07) is 0. The average molecular weight is 587 g/mol. The first-order valence-corrected chi connectivity index (χ1v) is 18.9. The van der Waals surface area contributed by atoms with Crippen molar-refractivity contribution in [2.75, 3.05) is 13.1 Å². The number of rotatable bonds is 32. The van der Waals surface area contributed by atoms with Crippen molar-refractivity contribution in [3.8, 4) is 0 Å². The first-order chi connectivity index (χ1) is 20.8. The Bertz CT molecular complexity index is 617. The molecule has 0 heterocycles. The van der Waals surface area contributed by atoms with Crippen molar-refractivity contribution in [1.29, 1.82) is 0 Å². The molecule has 244 valence electrons. The van der Waals surface area contributed by atoms with Crippen LogP contribution in [-0.2, 0) is 9.59 Å². The van der Waals surface area contributed by atoms with Gasteiger partial charge < -0.3 is 0 Å². The van der Waals surface area contributed by atoms with Crippen LogP contribution < -0.4 is 0 Å². The zero-order chi connectivity index (χ0) is 30.4. The predicted molar refractivity (Wildman–Crippen MR) is 181 cm³/mol. The van der Waals surface area contributed by atoms with Gasteiger partial charge in [-0.15, -0.1) is 0 Å². The van der Waals surface area contributed by atoms with Gasteiger partial charge in [0, 0.05) is 0 Å². The van der Waals surface area contributed by atoms with Crippen LogP contribution >= 0.6 is 0 Å². The van der Waals surface area contributed by atoms with Crippen LogP contribution in [-0.4, -0.2) is 25.2 Å². The first-order valence-electron chi connectivity index (χ1n) is 18.9. The summed E-state index contributed by atoms with van der Waals surface area (Å²) in [5.41, 5.74) is 0. The van der Waals surface area contributed by atoms with Gasteiger partial charge in [0.2, 0.25) is 12.2 Å². The van der Waals surface area contributed by atoms with Gasteiger partial charge in [-0.05, 0) is 62.2 Å². The fourth-order valence-corrected chi connectivity index (χ4v) is 7.81. The topological polar surface area (TPSA) is 58.9 Å². The molecular weight excluding hydrogens is 516 g/mol. The lowest BCUT2D eigenvalue weighted by Crippen LogP contribution is -2.46. The van der Waals surface area contributed by atoms with Crippen LogP contribution in [0, 0.1) is 23.7 Å². The van der Waals surface area contributed by atoms with E-state index in [-0.39, 0.29) is 0 Å². The van der Waals surface area contributed by atoms with E-state index in [1.807, 2.05) is 0 Å². The smallest absolute Gasteiger partial charge is 0.211 e. The predicted octanol–water partition coefficient (Wildman–Crippen LogP) is 12.1. The number of aliphatic imine (C=N–C) groups is 2. The van der Waals surface area contributed by atoms with Gasteiger partial charge in [0.1, 0.15) is 0 Å². The number of isocyanates is 2. The summed E-state index contributed by atoms with van der Waals surface area (Å²) < 4.78 is 0. The molecule has 0 aliphatic heterocycles. The maximum absolute atomic E-state index is 10.2. The van der Waals surface area contributed by atoms with Gasteiger partial charge in [0.05, 0.1) is 13.1 Å². The normalized spacial score (nSPS) is 19.7. The highest BCUT2D eigenvalue weighted by Crippen LogP contribution is 2.55. The van der Waals surface area contributed by atoms with Crippen molar-refractivity contribution < 1.29 is 9.59 Å². The third kappa shape index (κ3) is 19.9. The van der Waals surface area contributed by atoms with Crippen molar-refractivity contribution in [2.24, 2.45) is 33.7 Å². The van der Waals surface area contributed by atoms with Crippen LogP contribution in [0.2, 0.25) is 0 Å². The molecule has 0 saturated heterocycles. The molecule has 4 nitrogen and oxygen atoms in total. The lowest BCUT2D eigenvalue weighted by atomic mass is 9.51. The molecule has 0 radical (unpaired) electrons. The van der Waals surface area contributed by atoms with Crippen molar-refractivity contribution >= 4 is 12.2 Å². The Balaban J connectivity index is 2.58. The summed E-state index contributed by atoms with van der Waals surface area (Å²) in [5, 5.41) is 0. The Labute approximate surface area is 261 Å². The van der Waals surface area contributed by atoms with Gasteiger partial charge in [-0.25, -0.2) is 19.6 Å². The molecule has 0 atom stereocenters. The maximum atomic E-state index is 10.2. The SMILES string of the molecule is CCCCCCCCC1C(CCCCCCCCN=C=O)C(CCCCCCCC)C1CCCCCCCCN=C=O. The molecule has 0 N–H and O–H groups in total. The number of carbonyl (C=O) groups excluding carboxylic acids is 2. The Kier molecular flexibility index (Phi) is 27.5. The van der Waals surface area contributed by atoms with Crippen LogP contribution in [0.1, 0.15) is 194 Å². The van der Waals surface area contributed by atoms with E-state index in [1.54, 1.807) is 12.2 Å². The van der Waals surface area contributed by atoms with E-state index in [2.05, 4.69) is 23.8 Å². The number of hydrogen-bond donors (Lipinski definition) is 0. The average Bonchev–Trinajstić information content (AvgIpc) is 3.00. The summed E-state index contributed by atoms with van der Waals surface area (Å²) in [7, 11) is 0. The summed E-state index contributed by atoms with van der Waals surface area (Å²) in [6.45, 7) is 5.95. The van der Waals surface area contributed by atoms with Crippen LogP contribution in [0.4, 0.5) is 0 Å². The Morgan fingerprint density at radius 3 is 0.857 bits per heavy atom. The Morgan fingerprint density at radius 1 is 0.357 bits per heavy atom. The van der Waals surface area contributed by atoms with Crippen LogP contribution in [0.25, 0.3) is 0 Å². The van der Waals surface area contributed by atoms with Crippen molar-refractivity contribution in [3.63, 3.8) is 0 Å². The fraction of sp³-hybridized carbons (Fsp3) is 0.947. The lowest BCUT2D eigenvalue weighted by Gasteiger charge is -2.54. The highest BCUT2D eigenvalue weighted by atomic mass is 16.1. The monoisotopic (exact) mass is 587 g/mol. The van der Waals surface area contributed by atoms with Gasteiger partial charge in [-0.3, -0.25) is 0 Å². The second-order valence-electron chi connectivity index (χ2n) is 13.5. The van der Waals surface area contributed by atoms with E-state index in [0.29, 0.717) is 13.1 Å². The van der Waals surface area contributed by atoms with Crippen molar-refractivity contribution in [3.05, 3.63) is 0 Å². The minimum absolute atomic E-state index is 0.656. The molecule has 0 aromatic heterocycles. The number of unbranched alkanes of at least 4 members (excludes halogenated alkanes) is 20. The van der Waals surface area contributed by atoms with E-state index in [0.717, 1.165) is 36.5 Å². The van der Waals surface area contributed by atoms with Gasteiger partial charge in [0.25, 0.3) is 0 Å². The Morgan fingerprint density at radius 2 is 0.595 bits per heavy atom. The zero-order valence-corrected chi connectivity index (χ0v) is 28.2. The molecule has 0 bridgehead atoms. The van der Waals surface area contributed by atoms with Gasteiger partial charge in [-0.2, -0.15) is 0 Å². The van der Waals surface area contributed by atoms with E-state index in [1.165, 1.54) is 167 Å². The van der Waals surface area contributed by atoms with Crippen LogP contribution in [0.15, 0.2) is 9.98 Å². The van der Waals surface area contributed by atoms with Crippen LogP contribution in [0.5, 0.6) is 0 Å². The lowest BCUT2D eigenvalue weighted by molar-refractivity contribution is -0.0486. The molecule has 1 saturated carbocycles. The van der Waals surface area contributed by atoms with Gasteiger partial charge in [0.15, 0.2) is 0 Å². The summed E-state index contributed by atoms with van der Waals surface area (Å²) in [4.78, 5) is 27.9. The molecule has 1 aliphatic rings. The standard InChI is InChI=1S/C38H70N2O2/c1-3-5-7-9-15-21-27-35-37(29-23-17-11-13-19-25-31-39-33-41)36(28-22-16-10-8-6-4-2)38(35)30-24-18-12-14-20-26-32-40-34-42/h35-38H,3-32H2,1-2H3. The second kappa shape index (κ2) is 29.8. The van der Waals surface area contributed by atoms with E-state index < -0.39 is 0 Å². The largest absolute Gasteiger partial charge is 0.234 e. The molecular formula is C38H70N2O2. The zero-order valence-electron chi connectivity index (χ0n) is 28.2. The first kappa shape index (κ1) is 38.8. The Hall–Kier alpha value is -1.24. The summed E-state index contributed by atoms with van der Waals surface area (Å²) in [6.07, 6.45) is 41.6. The van der Waals surface area contributed by atoms with E-state index in [4.69, 9.17) is 0 Å². The molecule has 1 fully saturated rings. The second-order valence-corrected chi connectivity index (χ2v) is 13.5. The van der Waals surface area contributed by atoms with Crippen molar-refractivity contribution in [1.82, 2.24) is 0 Å². The highest BCUT2D eigenvalue weighted by molar-refractivity contribution is 5.32. The van der Waals surface area contributed by atoms with E-state index >= 15 is 0 Å². The minimum atomic E-state index is 0.656. The molecule has 0 spiro atoms. The highest BCUT2D eigenvalue weighted by Gasteiger charge is 2.47. The quantitative estimate of drug-likeness (QED) is 0.0447. The third-order valence-corrected chi connectivity index (χ3v) is 10.2. The number of nitrogens with zero attached hydrogens (tertiary/aromatic N) is 2. The minimum Gasteiger partial charge on any atom is -0.211 e. The third-order valence-electron chi connectivity index (χ3n) is 10.2. The molecule has 0 unspecified atom stereocenters. The number of hydrogen-bond acceptors (Lipinski definition) is 4. The molecule has 42 heavy (non-hydrogen) atoms. The van der Waals surface area contributed by atoms with Crippen molar-refractivity contribution in [2.45, 2.75) is 194 Å². The summed E-state index contributed by atoms with van der Waals surface area (Å²) >= 11 is 0. The molecule has 1 aliphatic carbocycles. The van der Waals surface area contributed by atoms with E-state index in [9.17, 15) is 9.59 Å². The molecule has 4 heteroatoms. The summed E-state index contributed by atoms with van der Waals surface area (Å²) in [5.74, 6) is 3.95. The maximum Gasteiger partial charge on any atom is 0.234 e. The van der Waals surface area contributed by atoms with Crippen LogP contribution in [0.3, 0.4) is 0 Å². The fourth-order valence-electron chi connectivity index (χ4n) is 7.81. The molecule has 0 aromatic carbocycles. The molecule has 0 amide bonds. The van der Waals surface area contributed by atoms with Gasteiger partial charge >= 0.3 is 0 Å².